The Morgan fingerprint density at radius 2 is 1.64 bits per heavy atom. The van der Waals surface area contributed by atoms with Crippen LogP contribution in [0.5, 0.6) is 11.5 Å². The summed E-state index contributed by atoms with van der Waals surface area (Å²) in [4.78, 5) is 0. The first kappa shape index (κ1) is 18.5. The Morgan fingerprint density at radius 3 is 2.18 bits per heavy atom. The van der Waals surface area contributed by atoms with Crippen molar-refractivity contribution in [1.82, 2.24) is 0 Å². The molecule has 0 spiro atoms. The number of ether oxygens (including phenoxy) is 2. The highest BCUT2D eigenvalue weighted by atomic mass is 19.1. The fourth-order valence-electron chi connectivity index (χ4n) is 2.17. The average Bonchev–Trinajstić information content (AvgIpc) is 2.51. The van der Waals surface area contributed by atoms with Crippen molar-refractivity contribution in [2.45, 2.75) is 53.4 Å². The van der Waals surface area contributed by atoms with Crippen molar-refractivity contribution in [3.05, 3.63) is 35.7 Å². The minimum absolute atomic E-state index is 0.216. The molecular weight excluding hydrogens is 279 g/mol. The molecular formula is C19H29FO2. The summed E-state index contributed by atoms with van der Waals surface area (Å²) < 4.78 is 25.6. The highest BCUT2D eigenvalue weighted by Gasteiger charge is 2.14. The van der Waals surface area contributed by atoms with E-state index in [-0.39, 0.29) is 5.82 Å². The van der Waals surface area contributed by atoms with Gasteiger partial charge in [-0.15, -0.1) is 0 Å². The third-order valence-corrected chi connectivity index (χ3v) is 3.28. The first-order valence-electron chi connectivity index (χ1n) is 8.36. The fraction of sp³-hybridized carbons (Fsp3) is 0.579. The number of rotatable bonds is 10. The van der Waals surface area contributed by atoms with Crippen LogP contribution in [-0.4, -0.2) is 13.2 Å². The number of hydrogen-bond acceptors (Lipinski definition) is 2. The summed E-state index contributed by atoms with van der Waals surface area (Å²) in [6.45, 7) is 9.45. The molecule has 0 bridgehead atoms. The first-order valence-corrected chi connectivity index (χ1v) is 8.36. The minimum Gasteiger partial charge on any atom is -0.490 e. The van der Waals surface area contributed by atoms with Gasteiger partial charge in [-0.2, -0.15) is 0 Å². The summed E-state index contributed by atoms with van der Waals surface area (Å²) in [6.07, 6.45) is 7.72. The van der Waals surface area contributed by atoms with E-state index in [1.807, 2.05) is 6.92 Å². The van der Waals surface area contributed by atoms with Crippen molar-refractivity contribution >= 4 is 0 Å². The Hall–Kier alpha value is -1.51. The third-order valence-electron chi connectivity index (χ3n) is 3.28. The Labute approximate surface area is 134 Å². The lowest BCUT2D eigenvalue weighted by molar-refractivity contribution is 0.266. The molecule has 124 valence electrons. The maximum Gasteiger partial charge on any atom is 0.164 e. The van der Waals surface area contributed by atoms with Crippen molar-refractivity contribution in [3.63, 3.8) is 0 Å². The van der Waals surface area contributed by atoms with Gasteiger partial charge in [-0.05, 0) is 43.2 Å². The Balaban J connectivity index is 2.95. The van der Waals surface area contributed by atoms with Gasteiger partial charge in [-0.25, -0.2) is 4.39 Å². The zero-order chi connectivity index (χ0) is 16.4. The van der Waals surface area contributed by atoms with Crippen LogP contribution in [0, 0.1) is 11.7 Å². The molecule has 22 heavy (non-hydrogen) atoms. The third kappa shape index (κ3) is 6.08. The number of halogens is 1. The normalized spacial score (nSPS) is 12.6. The molecule has 0 aliphatic rings. The van der Waals surface area contributed by atoms with Gasteiger partial charge in [-0.1, -0.05) is 39.8 Å². The number of benzene rings is 1. The SMILES string of the molecule is CC/C=C\C(C)Cc1cc(OCCC)c(OCCC)cc1F. The van der Waals surface area contributed by atoms with Gasteiger partial charge in [0.15, 0.2) is 11.5 Å². The van der Waals surface area contributed by atoms with Crippen LogP contribution in [0.25, 0.3) is 0 Å². The summed E-state index contributed by atoms with van der Waals surface area (Å²) in [5.74, 6) is 1.24. The lowest BCUT2D eigenvalue weighted by Crippen LogP contribution is -2.05. The first-order chi connectivity index (χ1) is 10.6. The molecule has 0 aromatic heterocycles. The maximum atomic E-state index is 14.3. The predicted octanol–water partition coefficient (Wildman–Crippen LogP) is 5.55. The highest BCUT2D eigenvalue weighted by Crippen LogP contribution is 2.32. The topological polar surface area (TPSA) is 18.5 Å². The predicted molar refractivity (Wildman–Crippen MR) is 90.3 cm³/mol. The van der Waals surface area contributed by atoms with E-state index in [1.165, 1.54) is 6.07 Å². The summed E-state index contributed by atoms with van der Waals surface area (Å²) in [5.41, 5.74) is 0.684. The molecule has 1 unspecified atom stereocenters. The molecule has 0 N–H and O–H groups in total. The summed E-state index contributed by atoms with van der Waals surface area (Å²) in [5, 5.41) is 0. The molecule has 1 rings (SSSR count). The van der Waals surface area contributed by atoms with Crippen molar-refractivity contribution < 1.29 is 13.9 Å². The van der Waals surface area contributed by atoms with Gasteiger partial charge in [0.2, 0.25) is 0 Å². The van der Waals surface area contributed by atoms with E-state index in [0.717, 1.165) is 19.3 Å². The molecule has 0 fully saturated rings. The largest absolute Gasteiger partial charge is 0.490 e. The van der Waals surface area contributed by atoms with Crippen LogP contribution >= 0.6 is 0 Å². The molecule has 0 saturated carbocycles. The highest BCUT2D eigenvalue weighted by molar-refractivity contribution is 5.44. The lowest BCUT2D eigenvalue weighted by atomic mass is 9.99. The van der Waals surface area contributed by atoms with Crippen LogP contribution in [0.3, 0.4) is 0 Å². The van der Waals surface area contributed by atoms with Crippen LogP contribution < -0.4 is 9.47 Å². The molecule has 0 aliphatic carbocycles. The molecule has 1 atom stereocenters. The standard InChI is InChI=1S/C19H29FO2/c1-5-8-9-15(4)12-16-13-18(21-10-6-2)19(14-17(16)20)22-11-7-3/h8-9,13-15H,5-7,10-12H2,1-4H3/b9-8-. The van der Waals surface area contributed by atoms with Crippen LogP contribution in [0.4, 0.5) is 4.39 Å². The molecule has 1 aromatic carbocycles. The number of allylic oxidation sites excluding steroid dienone is 2. The van der Waals surface area contributed by atoms with Crippen LogP contribution in [-0.2, 0) is 6.42 Å². The number of hydrogen-bond donors (Lipinski definition) is 0. The Kier molecular flexibility index (Phi) is 8.64. The Bertz CT molecular complexity index is 469. The molecule has 0 amide bonds. The van der Waals surface area contributed by atoms with Crippen LogP contribution in [0.1, 0.15) is 52.5 Å². The van der Waals surface area contributed by atoms with Gasteiger partial charge in [-0.3, -0.25) is 0 Å². The van der Waals surface area contributed by atoms with Crippen molar-refractivity contribution in [3.8, 4) is 11.5 Å². The minimum atomic E-state index is -0.216. The molecule has 3 heteroatoms. The molecule has 0 heterocycles. The zero-order valence-electron chi connectivity index (χ0n) is 14.3. The zero-order valence-corrected chi connectivity index (χ0v) is 14.3. The van der Waals surface area contributed by atoms with Gasteiger partial charge in [0, 0.05) is 6.07 Å². The molecule has 0 radical (unpaired) electrons. The van der Waals surface area contributed by atoms with E-state index in [4.69, 9.17) is 9.47 Å². The van der Waals surface area contributed by atoms with Gasteiger partial charge < -0.3 is 9.47 Å². The van der Waals surface area contributed by atoms with Gasteiger partial charge in [0.05, 0.1) is 13.2 Å². The summed E-state index contributed by atoms with van der Waals surface area (Å²) >= 11 is 0. The second-order valence-electron chi connectivity index (χ2n) is 5.61. The lowest BCUT2D eigenvalue weighted by Gasteiger charge is -2.15. The second-order valence-corrected chi connectivity index (χ2v) is 5.61. The van der Waals surface area contributed by atoms with E-state index in [2.05, 4.69) is 32.9 Å². The van der Waals surface area contributed by atoms with Crippen LogP contribution in [0.2, 0.25) is 0 Å². The quantitative estimate of drug-likeness (QED) is 0.528. The summed E-state index contributed by atoms with van der Waals surface area (Å²) in [7, 11) is 0. The van der Waals surface area contributed by atoms with Gasteiger partial charge >= 0.3 is 0 Å². The fourth-order valence-corrected chi connectivity index (χ4v) is 2.17. The molecule has 0 saturated heterocycles. The van der Waals surface area contributed by atoms with Gasteiger partial charge in [0.25, 0.3) is 0 Å². The molecule has 0 aliphatic heterocycles. The van der Waals surface area contributed by atoms with Crippen LogP contribution in [0.15, 0.2) is 24.3 Å². The molecule has 2 nitrogen and oxygen atoms in total. The van der Waals surface area contributed by atoms with Crippen molar-refractivity contribution in [1.29, 1.82) is 0 Å². The summed E-state index contributed by atoms with van der Waals surface area (Å²) in [6, 6.07) is 3.26. The maximum absolute atomic E-state index is 14.3. The van der Waals surface area contributed by atoms with E-state index in [1.54, 1.807) is 6.07 Å². The Morgan fingerprint density at radius 1 is 1.05 bits per heavy atom. The van der Waals surface area contributed by atoms with E-state index in [9.17, 15) is 4.39 Å². The van der Waals surface area contributed by atoms with Crippen molar-refractivity contribution in [2.24, 2.45) is 5.92 Å². The van der Waals surface area contributed by atoms with Gasteiger partial charge in [0.1, 0.15) is 5.82 Å². The van der Waals surface area contributed by atoms with E-state index < -0.39 is 0 Å². The van der Waals surface area contributed by atoms with E-state index >= 15 is 0 Å². The average molecular weight is 308 g/mol. The van der Waals surface area contributed by atoms with Crippen molar-refractivity contribution in [2.75, 3.05) is 13.2 Å². The monoisotopic (exact) mass is 308 g/mol. The molecule has 1 aromatic rings. The van der Waals surface area contributed by atoms with E-state index in [0.29, 0.717) is 42.6 Å². The second kappa shape index (κ2) is 10.3. The smallest absolute Gasteiger partial charge is 0.164 e.